The summed E-state index contributed by atoms with van der Waals surface area (Å²) in [7, 11) is 0. The Hall–Kier alpha value is -4.01. The summed E-state index contributed by atoms with van der Waals surface area (Å²) in [6.07, 6.45) is -0.0170. The van der Waals surface area contributed by atoms with Crippen LogP contribution in [-0.2, 0) is 11.4 Å². The van der Waals surface area contributed by atoms with Gasteiger partial charge >= 0.3 is 5.88 Å². The van der Waals surface area contributed by atoms with Gasteiger partial charge in [-0.1, -0.05) is 17.3 Å². The van der Waals surface area contributed by atoms with E-state index in [1.54, 1.807) is 18.2 Å². The number of halogens is 1. The van der Waals surface area contributed by atoms with Crippen molar-refractivity contribution in [1.29, 1.82) is 0 Å². The SMILES string of the molecule is O=c1c2ccccc2n(CC2CC(c3ccc([N+](=O)[O-])o3)=NO2)c2ccc(F)cc12. The van der Waals surface area contributed by atoms with E-state index in [0.717, 1.165) is 0 Å². The Bertz CT molecular complexity index is 1410. The lowest BCUT2D eigenvalue weighted by Gasteiger charge is -2.17. The van der Waals surface area contributed by atoms with Gasteiger partial charge < -0.3 is 13.8 Å². The van der Waals surface area contributed by atoms with Crippen LogP contribution in [0.3, 0.4) is 0 Å². The summed E-state index contributed by atoms with van der Waals surface area (Å²) in [5, 5.41) is 15.6. The molecule has 9 heteroatoms. The Morgan fingerprint density at radius 1 is 1.13 bits per heavy atom. The average Bonchev–Trinajstić information content (AvgIpc) is 3.41. The molecule has 5 rings (SSSR count). The van der Waals surface area contributed by atoms with Crippen molar-refractivity contribution < 1.29 is 18.6 Å². The van der Waals surface area contributed by atoms with E-state index in [0.29, 0.717) is 35.1 Å². The van der Waals surface area contributed by atoms with E-state index < -0.39 is 10.7 Å². The zero-order valence-corrected chi connectivity index (χ0v) is 15.4. The van der Waals surface area contributed by atoms with Crippen LogP contribution in [0.4, 0.5) is 10.3 Å². The number of nitro groups is 1. The van der Waals surface area contributed by atoms with Crippen molar-refractivity contribution in [2.75, 3.05) is 0 Å². The number of oxime groups is 1. The van der Waals surface area contributed by atoms with Crippen molar-refractivity contribution in [3.63, 3.8) is 0 Å². The first-order chi connectivity index (χ1) is 14.5. The fourth-order valence-corrected chi connectivity index (χ4v) is 3.75. The molecular formula is C21H14FN3O5. The highest BCUT2D eigenvalue weighted by Gasteiger charge is 2.27. The number of nitrogens with zero attached hydrogens (tertiary/aromatic N) is 3. The molecule has 0 fully saturated rings. The molecule has 0 amide bonds. The van der Waals surface area contributed by atoms with Crippen LogP contribution >= 0.6 is 0 Å². The maximum atomic E-state index is 13.8. The van der Waals surface area contributed by atoms with E-state index >= 15 is 0 Å². The minimum Gasteiger partial charge on any atom is -0.399 e. The van der Waals surface area contributed by atoms with Crippen LogP contribution in [0.15, 0.2) is 69.0 Å². The van der Waals surface area contributed by atoms with E-state index in [-0.39, 0.29) is 28.6 Å². The minimum atomic E-state index is -0.616. The average molecular weight is 407 g/mol. The quantitative estimate of drug-likeness (QED) is 0.289. The van der Waals surface area contributed by atoms with Gasteiger partial charge in [0.25, 0.3) is 0 Å². The van der Waals surface area contributed by atoms with Crippen LogP contribution in [-0.4, -0.2) is 21.3 Å². The molecule has 0 aliphatic carbocycles. The zero-order valence-electron chi connectivity index (χ0n) is 15.4. The van der Waals surface area contributed by atoms with Gasteiger partial charge in [0.2, 0.25) is 0 Å². The van der Waals surface area contributed by atoms with Gasteiger partial charge in [0.15, 0.2) is 17.3 Å². The summed E-state index contributed by atoms with van der Waals surface area (Å²) in [5.41, 5.74) is 1.52. The molecule has 4 aromatic rings. The Labute approximate surface area is 167 Å². The van der Waals surface area contributed by atoms with Gasteiger partial charge in [-0.05, 0) is 36.4 Å². The van der Waals surface area contributed by atoms with Crippen molar-refractivity contribution in [3.8, 4) is 0 Å². The third-order valence-electron chi connectivity index (χ3n) is 5.11. The van der Waals surface area contributed by atoms with Crippen LogP contribution < -0.4 is 5.43 Å². The summed E-state index contributed by atoms with van der Waals surface area (Å²) in [5.74, 6) is -0.569. The molecule has 2 aromatic heterocycles. The summed E-state index contributed by atoms with van der Waals surface area (Å²) in [6.45, 7) is 0.346. The largest absolute Gasteiger partial charge is 0.433 e. The molecular weight excluding hydrogens is 393 g/mol. The molecule has 2 aromatic carbocycles. The van der Waals surface area contributed by atoms with Gasteiger partial charge in [-0.2, -0.15) is 0 Å². The molecule has 0 saturated heterocycles. The second-order valence-electron chi connectivity index (χ2n) is 6.98. The fourth-order valence-electron chi connectivity index (χ4n) is 3.75. The van der Waals surface area contributed by atoms with Gasteiger partial charge in [0.1, 0.15) is 16.5 Å². The molecule has 0 spiro atoms. The molecule has 1 aliphatic heterocycles. The highest BCUT2D eigenvalue weighted by atomic mass is 19.1. The third-order valence-corrected chi connectivity index (χ3v) is 5.11. The second kappa shape index (κ2) is 6.80. The number of aromatic nitrogens is 1. The molecule has 3 heterocycles. The monoisotopic (exact) mass is 407 g/mol. The summed E-state index contributed by atoms with van der Waals surface area (Å²) < 4.78 is 20.9. The standard InChI is InChI=1S/C21H14FN3O5/c22-12-5-6-18-15(9-12)21(26)14-3-1-2-4-17(14)24(18)11-13-10-16(23-30-13)19-7-8-20(29-19)25(27)28/h1-9,13H,10-11H2. The lowest BCUT2D eigenvalue weighted by atomic mass is 10.1. The van der Waals surface area contributed by atoms with Gasteiger partial charge in [-0.15, -0.1) is 0 Å². The first kappa shape index (κ1) is 18.0. The summed E-state index contributed by atoms with van der Waals surface area (Å²) in [4.78, 5) is 28.6. The van der Waals surface area contributed by atoms with Gasteiger partial charge in [-0.25, -0.2) is 4.39 Å². The van der Waals surface area contributed by atoms with Crippen molar-refractivity contribution in [1.82, 2.24) is 4.57 Å². The zero-order chi connectivity index (χ0) is 20.8. The number of benzene rings is 2. The Morgan fingerprint density at radius 3 is 2.73 bits per heavy atom. The predicted octanol–water partition coefficient (Wildman–Crippen LogP) is 3.99. The van der Waals surface area contributed by atoms with Gasteiger partial charge in [-0.3, -0.25) is 14.9 Å². The minimum absolute atomic E-state index is 0.233. The lowest BCUT2D eigenvalue weighted by molar-refractivity contribution is -0.402. The predicted molar refractivity (Wildman–Crippen MR) is 107 cm³/mol. The molecule has 30 heavy (non-hydrogen) atoms. The van der Waals surface area contributed by atoms with E-state index in [9.17, 15) is 19.3 Å². The van der Waals surface area contributed by atoms with E-state index in [4.69, 9.17) is 9.25 Å². The highest BCUT2D eigenvalue weighted by Crippen LogP contribution is 2.26. The molecule has 150 valence electrons. The first-order valence-corrected chi connectivity index (χ1v) is 9.19. The number of hydrogen-bond donors (Lipinski definition) is 0. The lowest BCUT2D eigenvalue weighted by Crippen LogP contribution is -2.20. The number of fused-ring (bicyclic) bond motifs is 2. The topological polar surface area (TPSA) is 99.9 Å². The van der Waals surface area contributed by atoms with Crippen molar-refractivity contribution in [2.24, 2.45) is 5.16 Å². The third kappa shape index (κ3) is 2.91. The smallest absolute Gasteiger partial charge is 0.399 e. The molecule has 8 nitrogen and oxygen atoms in total. The van der Waals surface area contributed by atoms with Crippen LogP contribution in [0.25, 0.3) is 21.8 Å². The molecule has 0 bridgehead atoms. The Kier molecular flexibility index (Phi) is 4.09. The Morgan fingerprint density at radius 2 is 1.93 bits per heavy atom. The Balaban J connectivity index is 1.52. The number of para-hydroxylation sites is 1. The molecule has 1 atom stereocenters. The molecule has 0 radical (unpaired) electrons. The van der Waals surface area contributed by atoms with E-state index in [1.807, 2.05) is 16.7 Å². The molecule has 1 aliphatic rings. The normalized spacial score (nSPS) is 16.0. The van der Waals surface area contributed by atoms with Gasteiger partial charge in [0.05, 0.1) is 23.6 Å². The second-order valence-corrected chi connectivity index (χ2v) is 6.98. The van der Waals surface area contributed by atoms with Crippen molar-refractivity contribution in [2.45, 2.75) is 19.1 Å². The van der Waals surface area contributed by atoms with Gasteiger partial charge in [0, 0.05) is 17.2 Å². The molecule has 0 saturated carbocycles. The maximum Gasteiger partial charge on any atom is 0.433 e. The number of pyridine rings is 1. The van der Waals surface area contributed by atoms with Crippen LogP contribution in [0, 0.1) is 15.9 Å². The van der Waals surface area contributed by atoms with Crippen molar-refractivity contribution >= 4 is 33.4 Å². The van der Waals surface area contributed by atoms with Crippen LogP contribution in [0.1, 0.15) is 12.2 Å². The highest BCUT2D eigenvalue weighted by molar-refractivity contribution is 5.99. The van der Waals surface area contributed by atoms with E-state index in [2.05, 4.69) is 5.16 Å². The van der Waals surface area contributed by atoms with E-state index in [1.165, 1.54) is 24.3 Å². The maximum absolute atomic E-state index is 13.8. The molecule has 0 N–H and O–H groups in total. The summed E-state index contributed by atoms with van der Waals surface area (Å²) in [6, 6.07) is 14.0. The fraction of sp³-hybridized carbons (Fsp3) is 0.143. The summed E-state index contributed by atoms with van der Waals surface area (Å²) >= 11 is 0. The van der Waals surface area contributed by atoms with Crippen molar-refractivity contribution in [3.05, 3.63) is 86.5 Å². The van der Waals surface area contributed by atoms with Crippen LogP contribution in [0.5, 0.6) is 0 Å². The van der Waals surface area contributed by atoms with Crippen LogP contribution in [0.2, 0.25) is 0 Å². The number of rotatable bonds is 4. The number of hydrogen-bond acceptors (Lipinski definition) is 6. The molecule has 1 unspecified atom stereocenters. The first-order valence-electron chi connectivity index (χ1n) is 9.19. The number of furan rings is 1.